The van der Waals surface area contributed by atoms with Crippen LogP contribution in [0.2, 0.25) is 0 Å². The van der Waals surface area contributed by atoms with Gasteiger partial charge in [-0.15, -0.1) is 0 Å². The fraction of sp³-hybridized carbons (Fsp3) is 0.125. The van der Waals surface area contributed by atoms with Crippen molar-refractivity contribution in [3.05, 3.63) is 95.9 Å². The summed E-state index contributed by atoms with van der Waals surface area (Å²) in [4.78, 5) is 48.7. The highest BCUT2D eigenvalue weighted by atomic mass is 79.9. The normalized spacial score (nSPS) is 14.1. The Labute approximate surface area is 226 Å². The predicted molar refractivity (Wildman–Crippen MR) is 136 cm³/mol. The zero-order valence-electron chi connectivity index (χ0n) is 19.0. The molecule has 0 unspecified atom stereocenters. The number of nitro groups is 1. The fourth-order valence-corrected chi connectivity index (χ4v) is 4.56. The number of benzene rings is 2. The van der Waals surface area contributed by atoms with E-state index in [1.165, 1.54) is 43.5 Å². The van der Waals surface area contributed by atoms with Crippen LogP contribution in [0.15, 0.2) is 67.6 Å². The lowest BCUT2D eigenvalue weighted by Crippen LogP contribution is -2.30. The van der Waals surface area contributed by atoms with Crippen LogP contribution < -0.4 is 10.1 Å². The number of methoxy groups -OCH3 is 1. The summed E-state index contributed by atoms with van der Waals surface area (Å²) >= 11 is 6.79. The van der Waals surface area contributed by atoms with Crippen molar-refractivity contribution in [2.24, 2.45) is 0 Å². The summed E-state index contributed by atoms with van der Waals surface area (Å²) in [6, 6.07) is 11.8. The first-order valence-electron chi connectivity index (χ1n) is 10.5. The topological polar surface area (TPSA) is 141 Å². The van der Waals surface area contributed by atoms with E-state index in [1.54, 1.807) is 0 Å². The minimum Gasteiger partial charge on any atom is -0.482 e. The standard InChI is InChI=1S/C24H17Br2N3O8/c1-35-23(31)21-7-5-16(37-21)11-28-22(30)18(27-24(28)32)8-13-2-6-20(19(9-13)29(33)34)36-12-14-3-4-15(25)10-17(14)26/h2-10H,11-12H2,1H3,(H,27,32)/b18-8-. The number of halogens is 2. The highest BCUT2D eigenvalue weighted by molar-refractivity contribution is 9.11. The van der Waals surface area contributed by atoms with Crippen LogP contribution in [0.4, 0.5) is 10.5 Å². The Morgan fingerprint density at radius 2 is 1.95 bits per heavy atom. The Bertz CT molecular complexity index is 1450. The average Bonchev–Trinajstić information content (AvgIpc) is 3.44. The van der Waals surface area contributed by atoms with Gasteiger partial charge in [0.15, 0.2) is 5.75 Å². The monoisotopic (exact) mass is 633 g/mol. The Morgan fingerprint density at radius 3 is 2.65 bits per heavy atom. The van der Waals surface area contributed by atoms with Crippen molar-refractivity contribution in [2.75, 3.05) is 7.11 Å². The molecule has 0 saturated carbocycles. The van der Waals surface area contributed by atoms with Gasteiger partial charge in [-0.25, -0.2) is 9.59 Å². The van der Waals surface area contributed by atoms with Crippen molar-refractivity contribution in [3.63, 3.8) is 0 Å². The number of urea groups is 1. The van der Waals surface area contributed by atoms with E-state index in [-0.39, 0.29) is 41.8 Å². The molecule has 1 N–H and O–H groups in total. The Hall–Kier alpha value is -3.97. The first-order chi connectivity index (χ1) is 17.7. The number of ether oxygens (including phenoxy) is 2. The van der Waals surface area contributed by atoms with Crippen molar-refractivity contribution in [3.8, 4) is 5.75 Å². The maximum Gasteiger partial charge on any atom is 0.373 e. The lowest BCUT2D eigenvalue weighted by molar-refractivity contribution is -0.386. The smallest absolute Gasteiger partial charge is 0.373 e. The van der Waals surface area contributed by atoms with E-state index in [9.17, 15) is 24.5 Å². The summed E-state index contributed by atoms with van der Waals surface area (Å²) in [7, 11) is 1.20. The lowest BCUT2D eigenvalue weighted by atomic mass is 10.1. The van der Waals surface area contributed by atoms with E-state index >= 15 is 0 Å². The minimum absolute atomic E-state index is 0.0459. The Balaban J connectivity index is 1.50. The maximum atomic E-state index is 12.8. The molecule has 11 nitrogen and oxygen atoms in total. The number of hydrogen-bond acceptors (Lipinski definition) is 8. The van der Waals surface area contributed by atoms with Gasteiger partial charge in [-0.1, -0.05) is 44.0 Å². The number of esters is 1. The number of hydrogen-bond donors (Lipinski definition) is 1. The van der Waals surface area contributed by atoms with Gasteiger partial charge in [-0.05, 0) is 42.0 Å². The molecule has 2 heterocycles. The molecule has 1 saturated heterocycles. The van der Waals surface area contributed by atoms with Gasteiger partial charge in [0.25, 0.3) is 5.91 Å². The summed E-state index contributed by atoms with van der Waals surface area (Å²) in [5, 5.41) is 14.1. The summed E-state index contributed by atoms with van der Waals surface area (Å²) < 4.78 is 17.2. The summed E-state index contributed by atoms with van der Waals surface area (Å²) in [5.41, 5.74) is 0.715. The molecule has 0 aliphatic carbocycles. The second-order valence-electron chi connectivity index (χ2n) is 7.65. The van der Waals surface area contributed by atoms with E-state index in [2.05, 4.69) is 41.9 Å². The maximum absolute atomic E-state index is 12.8. The molecular weight excluding hydrogens is 618 g/mol. The van der Waals surface area contributed by atoms with E-state index in [1.807, 2.05) is 18.2 Å². The van der Waals surface area contributed by atoms with Gasteiger partial charge >= 0.3 is 17.7 Å². The van der Waals surface area contributed by atoms with Crippen LogP contribution in [0.25, 0.3) is 6.08 Å². The van der Waals surface area contributed by atoms with Crippen LogP contribution in [0, 0.1) is 10.1 Å². The zero-order chi connectivity index (χ0) is 26.7. The number of nitrogens with one attached hydrogen (secondary N) is 1. The number of nitrogens with zero attached hydrogens (tertiary/aromatic N) is 2. The Kier molecular flexibility index (Phi) is 7.74. The molecule has 37 heavy (non-hydrogen) atoms. The first kappa shape index (κ1) is 26.1. The molecule has 0 radical (unpaired) electrons. The molecular formula is C24H17Br2N3O8. The molecule has 190 valence electrons. The van der Waals surface area contributed by atoms with Gasteiger partial charge in [0.1, 0.15) is 18.1 Å². The van der Waals surface area contributed by atoms with Crippen LogP contribution in [0.1, 0.15) is 27.4 Å². The largest absolute Gasteiger partial charge is 0.482 e. The van der Waals surface area contributed by atoms with Crippen LogP contribution in [0.5, 0.6) is 5.75 Å². The van der Waals surface area contributed by atoms with E-state index in [0.717, 1.165) is 19.4 Å². The summed E-state index contributed by atoms with van der Waals surface area (Å²) in [6.07, 6.45) is 1.32. The van der Waals surface area contributed by atoms with Gasteiger partial charge in [0.2, 0.25) is 5.76 Å². The molecule has 4 rings (SSSR count). The second-order valence-corrected chi connectivity index (χ2v) is 9.42. The molecule has 0 spiro atoms. The van der Waals surface area contributed by atoms with Gasteiger partial charge in [0.05, 0.1) is 18.6 Å². The molecule has 13 heteroatoms. The number of rotatable bonds is 8. The van der Waals surface area contributed by atoms with Crippen molar-refractivity contribution in [1.29, 1.82) is 0 Å². The van der Waals surface area contributed by atoms with Crippen LogP contribution in [-0.4, -0.2) is 34.8 Å². The van der Waals surface area contributed by atoms with Crippen LogP contribution >= 0.6 is 31.9 Å². The van der Waals surface area contributed by atoms with Gasteiger partial charge in [-0.2, -0.15) is 0 Å². The number of imide groups is 1. The van der Waals surface area contributed by atoms with E-state index in [4.69, 9.17) is 9.15 Å². The predicted octanol–water partition coefficient (Wildman–Crippen LogP) is 5.17. The molecule has 1 aliphatic heterocycles. The molecule has 0 atom stereocenters. The minimum atomic E-state index is -0.707. The quantitative estimate of drug-likeness (QED) is 0.118. The van der Waals surface area contributed by atoms with Crippen LogP contribution in [-0.2, 0) is 22.7 Å². The third-order valence-electron chi connectivity index (χ3n) is 5.21. The lowest BCUT2D eigenvalue weighted by Gasteiger charge is -2.10. The molecule has 1 fully saturated rings. The highest BCUT2D eigenvalue weighted by Crippen LogP contribution is 2.31. The summed E-state index contributed by atoms with van der Waals surface area (Å²) in [5.74, 6) is -1.18. The third kappa shape index (κ3) is 5.89. The first-order valence-corrected chi connectivity index (χ1v) is 12.1. The van der Waals surface area contributed by atoms with Gasteiger partial charge in [0, 0.05) is 20.6 Å². The van der Waals surface area contributed by atoms with Crippen molar-refractivity contribution >= 4 is 61.5 Å². The SMILES string of the molecule is COC(=O)c1ccc(CN2C(=O)N/C(=C\c3ccc(OCc4ccc(Br)cc4Br)c([N+](=O)[O-])c3)C2=O)o1. The second kappa shape index (κ2) is 11.0. The number of nitro benzene ring substituents is 1. The molecule has 3 aromatic rings. The van der Waals surface area contributed by atoms with Crippen molar-refractivity contribution in [1.82, 2.24) is 10.2 Å². The van der Waals surface area contributed by atoms with Gasteiger partial charge < -0.3 is 19.2 Å². The highest BCUT2D eigenvalue weighted by Gasteiger charge is 2.34. The van der Waals surface area contributed by atoms with Crippen LogP contribution in [0.3, 0.4) is 0 Å². The number of amides is 3. The van der Waals surface area contributed by atoms with E-state index < -0.39 is 22.8 Å². The molecule has 1 aromatic heterocycles. The number of furan rings is 1. The van der Waals surface area contributed by atoms with Gasteiger partial charge in [-0.3, -0.25) is 19.8 Å². The number of carbonyl (C=O) groups excluding carboxylic acids is 3. The van der Waals surface area contributed by atoms with Crippen molar-refractivity contribution in [2.45, 2.75) is 13.2 Å². The van der Waals surface area contributed by atoms with E-state index in [0.29, 0.717) is 5.56 Å². The molecule has 2 aromatic carbocycles. The Morgan fingerprint density at radius 1 is 1.16 bits per heavy atom. The molecule has 3 amide bonds. The molecule has 1 aliphatic rings. The fourth-order valence-electron chi connectivity index (χ4n) is 3.39. The zero-order valence-corrected chi connectivity index (χ0v) is 22.2. The number of carbonyl (C=O) groups is 3. The third-order valence-corrected chi connectivity index (χ3v) is 6.44. The molecule has 0 bridgehead atoms. The van der Waals surface area contributed by atoms with Crippen molar-refractivity contribution < 1.29 is 33.2 Å². The summed E-state index contributed by atoms with van der Waals surface area (Å²) in [6.45, 7) is -0.138. The average molecular weight is 635 g/mol.